The number of carbonyl (C=O) groups is 1. The number of ether oxygens (including phenoxy) is 1. The minimum atomic E-state index is -0.0246. The van der Waals surface area contributed by atoms with Crippen molar-refractivity contribution in [3.8, 4) is 11.8 Å². The Morgan fingerprint density at radius 2 is 2.20 bits per heavy atom. The first-order valence-corrected chi connectivity index (χ1v) is 4.78. The molecular weight excluding hydrogens is 190 g/mol. The predicted molar refractivity (Wildman–Crippen MR) is 56.6 cm³/mol. The second-order valence-corrected chi connectivity index (χ2v) is 3.19. The summed E-state index contributed by atoms with van der Waals surface area (Å²) < 4.78 is 5.16. The average molecular weight is 203 g/mol. The molecule has 0 aliphatic heterocycles. The number of hydrogen-bond acceptors (Lipinski definition) is 3. The fourth-order valence-electron chi connectivity index (χ4n) is 1.36. The molecule has 0 amide bonds. The fourth-order valence-corrected chi connectivity index (χ4v) is 1.36. The molecule has 0 bridgehead atoms. The molecule has 0 N–H and O–H groups in total. The first-order valence-electron chi connectivity index (χ1n) is 4.78. The molecule has 0 saturated carbocycles. The maximum Gasteiger partial charge on any atom is 0.147 e. The van der Waals surface area contributed by atoms with Crippen LogP contribution >= 0.6 is 0 Å². The van der Waals surface area contributed by atoms with Crippen molar-refractivity contribution in [2.45, 2.75) is 19.3 Å². The van der Waals surface area contributed by atoms with Crippen LogP contribution in [0.1, 0.15) is 18.4 Å². The number of benzene rings is 1. The molecule has 3 nitrogen and oxygen atoms in total. The highest BCUT2D eigenvalue weighted by Crippen LogP contribution is 2.18. The summed E-state index contributed by atoms with van der Waals surface area (Å²) in [6.07, 6.45) is 1.02. The van der Waals surface area contributed by atoms with E-state index in [0.29, 0.717) is 12.8 Å². The first kappa shape index (κ1) is 11.3. The number of nitrogens with zero attached hydrogens (tertiary/aromatic N) is 1. The maximum atomic E-state index is 11.2. The Bertz CT molecular complexity index is 379. The highest BCUT2D eigenvalue weighted by molar-refractivity contribution is 5.80. The number of methoxy groups -OCH3 is 1. The van der Waals surface area contributed by atoms with Gasteiger partial charge < -0.3 is 4.74 Å². The standard InChI is InChI=1S/C12H13NO2/c1-15-12-5-3-2-4-10(12)6-7-11(14)8-9-13/h2-5H,6-8H2,1H3. The monoisotopic (exact) mass is 203 g/mol. The van der Waals surface area contributed by atoms with Crippen molar-refractivity contribution in [2.75, 3.05) is 7.11 Å². The molecule has 0 unspecified atom stereocenters. The van der Waals surface area contributed by atoms with Crippen LogP contribution in [0.25, 0.3) is 0 Å². The molecule has 78 valence electrons. The summed E-state index contributed by atoms with van der Waals surface area (Å²) in [6.45, 7) is 0. The van der Waals surface area contributed by atoms with E-state index in [1.165, 1.54) is 0 Å². The second-order valence-electron chi connectivity index (χ2n) is 3.19. The fraction of sp³-hybridized carbons (Fsp3) is 0.333. The largest absolute Gasteiger partial charge is 0.496 e. The van der Waals surface area contributed by atoms with Crippen LogP contribution in [-0.2, 0) is 11.2 Å². The van der Waals surface area contributed by atoms with Gasteiger partial charge in [0.05, 0.1) is 19.6 Å². The number of aryl methyl sites for hydroxylation is 1. The van der Waals surface area contributed by atoms with E-state index >= 15 is 0 Å². The highest BCUT2D eigenvalue weighted by Gasteiger charge is 2.05. The van der Waals surface area contributed by atoms with Gasteiger partial charge in [0, 0.05) is 6.42 Å². The van der Waals surface area contributed by atoms with Gasteiger partial charge in [0.15, 0.2) is 0 Å². The van der Waals surface area contributed by atoms with E-state index in [9.17, 15) is 4.79 Å². The summed E-state index contributed by atoms with van der Waals surface area (Å²) in [7, 11) is 1.61. The number of nitriles is 1. The molecule has 0 fully saturated rings. The lowest BCUT2D eigenvalue weighted by Gasteiger charge is -2.06. The van der Waals surface area contributed by atoms with Crippen molar-refractivity contribution in [3.05, 3.63) is 29.8 Å². The van der Waals surface area contributed by atoms with Crippen LogP contribution in [0.15, 0.2) is 24.3 Å². The minimum Gasteiger partial charge on any atom is -0.496 e. The molecule has 0 spiro atoms. The van der Waals surface area contributed by atoms with Crippen LogP contribution in [-0.4, -0.2) is 12.9 Å². The molecule has 0 aliphatic carbocycles. The Morgan fingerprint density at radius 3 is 2.87 bits per heavy atom. The predicted octanol–water partition coefficient (Wildman–Crippen LogP) is 2.11. The van der Waals surface area contributed by atoms with Gasteiger partial charge >= 0.3 is 0 Å². The Kier molecular flexibility index (Phi) is 4.36. The number of Topliss-reactive ketones (excluding diaryl/α,β-unsaturated/α-hetero) is 1. The highest BCUT2D eigenvalue weighted by atomic mass is 16.5. The maximum absolute atomic E-state index is 11.2. The summed E-state index contributed by atoms with van der Waals surface area (Å²) in [6, 6.07) is 9.44. The Labute approximate surface area is 89.3 Å². The van der Waals surface area contributed by atoms with Gasteiger partial charge in [-0.05, 0) is 18.1 Å². The Hall–Kier alpha value is -1.82. The van der Waals surface area contributed by atoms with Gasteiger partial charge in [-0.1, -0.05) is 18.2 Å². The number of rotatable bonds is 5. The molecule has 1 rings (SSSR count). The summed E-state index contributed by atoms with van der Waals surface area (Å²) in [4.78, 5) is 11.2. The molecule has 0 heterocycles. The third-order valence-electron chi connectivity index (χ3n) is 2.14. The number of ketones is 1. The first-order chi connectivity index (χ1) is 7.27. The van der Waals surface area contributed by atoms with Crippen molar-refractivity contribution in [2.24, 2.45) is 0 Å². The van der Waals surface area contributed by atoms with Crippen LogP contribution in [0.2, 0.25) is 0 Å². The molecule has 0 aromatic heterocycles. The molecule has 1 aromatic rings. The van der Waals surface area contributed by atoms with Crippen molar-refractivity contribution in [1.29, 1.82) is 5.26 Å². The van der Waals surface area contributed by atoms with Crippen molar-refractivity contribution < 1.29 is 9.53 Å². The normalized spacial score (nSPS) is 9.33. The summed E-state index contributed by atoms with van der Waals surface area (Å²) >= 11 is 0. The minimum absolute atomic E-state index is 0.00481. The molecular formula is C12H13NO2. The van der Waals surface area contributed by atoms with Gasteiger partial charge in [0.2, 0.25) is 0 Å². The Morgan fingerprint density at radius 1 is 1.47 bits per heavy atom. The van der Waals surface area contributed by atoms with Crippen LogP contribution < -0.4 is 4.74 Å². The SMILES string of the molecule is COc1ccccc1CCC(=O)CC#N. The van der Waals surface area contributed by atoms with Crippen LogP contribution in [0.5, 0.6) is 5.75 Å². The zero-order chi connectivity index (χ0) is 11.1. The van der Waals surface area contributed by atoms with Crippen molar-refractivity contribution in [3.63, 3.8) is 0 Å². The third kappa shape index (κ3) is 3.43. The smallest absolute Gasteiger partial charge is 0.147 e. The van der Waals surface area contributed by atoms with Crippen LogP contribution in [0.4, 0.5) is 0 Å². The quantitative estimate of drug-likeness (QED) is 0.736. The zero-order valence-corrected chi connectivity index (χ0v) is 8.69. The Balaban J connectivity index is 2.57. The number of carbonyl (C=O) groups excluding carboxylic acids is 1. The molecule has 3 heteroatoms. The van der Waals surface area contributed by atoms with Gasteiger partial charge in [-0.2, -0.15) is 5.26 Å². The third-order valence-corrected chi connectivity index (χ3v) is 2.14. The van der Waals surface area contributed by atoms with Crippen LogP contribution in [0.3, 0.4) is 0 Å². The van der Waals surface area contributed by atoms with Gasteiger partial charge in [-0.25, -0.2) is 0 Å². The molecule has 15 heavy (non-hydrogen) atoms. The lowest BCUT2D eigenvalue weighted by molar-refractivity contribution is -0.118. The molecule has 0 atom stereocenters. The molecule has 0 radical (unpaired) electrons. The van der Waals surface area contributed by atoms with Crippen molar-refractivity contribution in [1.82, 2.24) is 0 Å². The number of hydrogen-bond donors (Lipinski definition) is 0. The van der Waals surface area contributed by atoms with Crippen molar-refractivity contribution >= 4 is 5.78 Å². The van der Waals surface area contributed by atoms with E-state index in [1.54, 1.807) is 7.11 Å². The van der Waals surface area contributed by atoms with E-state index in [-0.39, 0.29) is 12.2 Å². The zero-order valence-electron chi connectivity index (χ0n) is 8.69. The second kappa shape index (κ2) is 5.82. The van der Waals surface area contributed by atoms with Gasteiger partial charge in [0.25, 0.3) is 0 Å². The summed E-state index contributed by atoms with van der Waals surface area (Å²) in [5.41, 5.74) is 1.01. The molecule has 1 aromatic carbocycles. The van der Waals surface area contributed by atoms with Crippen LogP contribution in [0, 0.1) is 11.3 Å². The topological polar surface area (TPSA) is 50.1 Å². The molecule has 0 aliphatic rings. The van der Waals surface area contributed by atoms with E-state index < -0.39 is 0 Å². The van der Waals surface area contributed by atoms with Gasteiger partial charge in [-0.15, -0.1) is 0 Å². The number of para-hydroxylation sites is 1. The van der Waals surface area contributed by atoms with Gasteiger partial charge in [0.1, 0.15) is 11.5 Å². The molecule has 0 saturated heterocycles. The summed E-state index contributed by atoms with van der Waals surface area (Å²) in [5.74, 6) is 0.769. The van der Waals surface area contributed by atoms with E-state index in [2.05, 4.69) is 0 Å². The van der Waals surface area contributed by atoms with E-state index in [1.807, 2.05) is 30.3 Å². The average Bonchev–Trinajstić information content (AvgIpc) is 2.27. The summed E-state index contributed by atoms with van der Waals surface area (Å²) in [5, 5.41) is 8.34. The lowest BCUT2D eigenvalue weighted by Crippen LogP contribution is -2.00. The van der Waals surface area contributed by atoms with Gasteiger partial charge in [-0.3, -0.25) is 4.79 Å². The lowest BCUT2D eigenvalue weighted by atomic mass is 10.1. The van der Waals surface area contributed by atoms with E-state index in [0.717, 1.165) is 11.3 Å². The van der Waals surface area contributed by atoms with E-state index in [4.69, 9.17) is 10.00 Å².